The lowest BCUT2D eigenvalue weighted by atomic mass is 10.1. The summed E-state index contributed by atoms with van der Waals surface area (Å²) in [4.78, 5) is 0. The molecule has 1 aliphatic carbocycles. The average Bonchev–Trinajstić information content (AvgIpc) is 3.35. The Kier molecular flexibility index (Phi) is 4.68. The predicted octanol–water partition coefficient (Wildman–Crippen LogP) is 4.40. The maximum atomic E-state index is 5.76. The number of fused-ring (bicyclic) bond motifs is 1. The van der Waals surface area contributed by atoms with Gasteiger partial charge in [-0.3, -0.25) is 0 Å². The van der Waals surface area contributed by atoms with Gasteiger partial charge in [0.05, 0.1) is 11.2 Å². The lowest BCUT2D eigenvalue weighted by Crippen LogP contribution is -2.23. The van der Waals surface area contributed by atoms with E-state index in [-0.39, 0.29) is 6.04 Å². The van der Waals surface area contributed by atoms with Crippen molar-refractivity contribution in [3.63, 3.8) is 0 Å². The molecule has 0 radical (unpaired) electrons. The van der Waals surface area contributed by atoms with Gasteiger partial charge in [-0.05, 0) is 68.0 Å². The highest BCUT2D eigenvalue weighted by Crippen LogP contribution is 2.33. The molecule has 0 saturated heterocycles. The van der Waals surface area contributed by atoms with E-state index in [0.717, 1.165) is 34.9 Å². The van der Waals surface area contributed by atoms with Crippen LogP contribution in [0, 0.1) is 12.8 Å². The van der Waals surface area contributed by atoms with Gasteiger partial charge in [-0.25, -0.2) is 4.68 Å². The summed E-state index contributed by atoms with van der Waals surface area (Å²) in [6.07, 6.45) is 7.41. The molecule has 0 amide bonds. The Morgan fingerprint density at radius 2 is 2.08 bits per heavy atom. The molecule has 1 heterocycles. The molecule has 2 N–H and O–H groups in total. The summed E-state index contributed by atoms with van der Waals surface area (Å²) in [5.41, 5.74) is 10.4. The number of rotatable bonds is 7. The smallest absolute Gasteiger partial charge is 0.119 e. The fourth-order valence-corrected chi connectivity index (χ4v) is 3.32. The van der Waals surface area contributed by atoms with Crippen molar-refractivity contribution in [1.29, 1.82) is 0 Å². The van der Waals surface area contributed by atoms with Gasteiger partial charge in [0.1, 0.15) is 12.4 Å². The van der Waals surface area contributed by atoms with Crippen molar-refractivity contribution in [1.82, 2.24) is 9.78 Å². The molecule has 4 heteroatoms. The highest BCUT2D eigenvalue weighted by molar-refractivity contribution is 5.79. The Balaban J connectivity index is 1.55. The van der Waals surface area contributed by atoms with Crippen LogP contribution in [0.1, 0.15) is 37.3 Å². The van der Waals surface area contributed by atoms with E-state index in [1.165, 1.54) is 30.2 Å². The van der Waals surface area contributed by atoms with Crippen molar-refractivity contribution in [2.45, 2.75) is 45.6 Å². The van der Waals surface area contributed by atoms with Crippen LogP contribution in [-0.2, 0) is 6.42 Å². The Morgan fingerprint density at radius 1 is 1.23 bits per heavy atom. The molecule has 1 aromatic heterocycles. The fraction of sp³-hybridized carbons (Fsp3) is 0.409. The Bertz CT molecular complexity index is 909. The van der Waals surface area contributed by atoms with Crippen LogP contribution in [0.15, 0.2) is 42.6 Å². The maximum absolute atomic E-state index is 5.76. The van der Waals surface area contributed by atoms with Gasteiger partial charge in [0.15, 0.2) is 0 Å². The average molecular weight is 349 g/mol. The lowest BCUT2D eigenvalue weighted by molar-refractivity contribution is 0.296. The molecule has 136 valence electrons. The number of aryl methyl sites for hydroxylation is 2. The molecule has 3 aromatic rings. The topological polar surface area (TPSA) is 53.1 Å². The minimum atomic E-state index is 0.0282. The predicted molar refractivity (Wildman–Crippen MR) is 106 cm³/mol. The molecule has 0 bridgehead atoms. The second kappa shape index (κ2) is 7.12. The van der Waals surface area contributed by atoms with Gasteiger partial charge in [-0.1, -0.05) is 25.0 Å². The molecule has 0 unspecified atom stereocenters. The summed E-state index contributed by atoms with van der Waals surface area (Å²) in [5, 5.41) is 5.98. The third-order valence-corrected chi connectivity index (χ3v) is 5.04. The molecular weight excluding hydrogens is 322 g/mol. The normalized spacial score (nSPS) is 15.3. The monoisotopic (exact) mass is 349 g/mol. The first-order chi connectivity index (χ1) is 12.6. The first kappa shape index (κ1) is 17.1. The number of aromatic nitrogens is 2. The minimum Gasteiger partial charge on any atom is -0.492 e. The van der Waals surface area contributed by atoms with Crippen LogP contribution in [0.3, 0.4) is 0 Å². The quantitative estimate of drug-likeness (QED) is 0.688. The van der Waals surface area contributed by atoms with Crippen LogP contribution in [-0.4, -0.2) is 22.4 Å². The van der Waals surface area contributed by atoms with Gasteiger partial charge in [-0.15, -0.1) is 0 Å². The summed E-state index contributed by atoms with van der Waals surface area (Å²) in [5.74, 6) is 1.82. The van der Waals surface area contributed by atoms with Crippen molar-refractivity contribution in [3.05, 3.63) is 53.7 Å². The van der Waals surface area contributed by atoms with E-state index in [1.54, 1.807) is 0 Å². The van der Waals surface area contributed by atoms with Gasteiger partial charge in [0.2, 0.25) is 0 Å². The molecule has 1 atom stereocenters. The number of ether oxygens (including phenoxy) is 1. The van der Waals surface area contributed by atoms with Crippen molar-refractivity contribution in [2.75, 3.05) is 6.61 Å². The third-order valence-electron chi connectivity index (χ3n) is 5.04. The zero-order chi connectivity index (χ0) is 18.1. The van der Waals surface area contributed by atoms with Gasteiger partial charge in [0, 0.05) is 17.6 Å². The van der Waals surface area contributed by atoms with E-state index in [9.17, 15) is 0 Å². The van der Waals surface area contributed by atoms with Crippen molar-refractivity contribution in [2.24, 2.45) is 11.7 Å². The minimum absolute atomic E-state index is 0.0282. The standard InChI is InChI=1S/C22H27N3O/c1-15-11-20(26-14-16(2)23)9-10-22(15)25-13-19-8-7-18(12-21(19)24-25)6-5-17-3-4-17/h7-13,16-17H,3-6,14,23H2,1-2H3/t16-/m0/s1. The van der Waals surface area contributed by atoms with E-state index < -0.39 is 0 Å². The second-order valence-electron chi connectivity index (χ2n) is 7.69. The lowest BCUT2D eigenvalue weighted by Gasteiger charge is -2.11. The number of hydrogen-bond acceptors (Lipinski definition) is 3. The van der Waals surface area contributed by atoms with Crippen molar-refractivity contribution >= 4 is 10.9 Å². The SMILES string of the molecule is Cc1cc(OC[C@H](C)N)ccc1-n1cc2ccc(CCC3CC3)cc2n1. The third kappa shape index (κ3) is 3.91. The largest absolute Gasteiger partial charge is 0.492 e. The van der Waals surface area contributed by atoms with E-state index >= 15 is 0 Å². The summed E-state index contributed by atoms with van der Waals surface area (Å²) < 4.78 is 7.68. The second-order valence-corrected chi connectivity index (χ2v) is 7.69. The molecule has 0 aliphatic heterocycles. The number of nitrogens with two attached hydrogens (primary N) is 1. The first-order valence-electron chi connectivity index (χ1n) is 9.56. The molecule has 2 aromatic carbocycles. The fourth-order valence-electron chi connectivity index (χ4n) is 3.32. The van der Waals surface area contributed by atoms with E-state index in [2.05, 4.69) is 37.4 Å². The van der Waals surface area contributed by atoms with Crippen LogP contribution in [0.25, 0.3) is 16.6 Å². The molecule has 1 saturated carbocycles. The Morgan fingerprint density at radius 3 is 2.81 bits per heavy atom. The van der Waals surface area contributed by atoms with Crippen LogP contribution < -0.4 is 10.5 Å². The highest BCUT2D eigenvalue weighted by atomic mass is 16.5. The molecule has 4 rings (SSSR count). The van der Waals surface area contributed by atoms with E-state index in [1.807, 2.05) is 23.7 Å². The number of benzene rings is 2. The molecule has 1 fully saturated rings. The maximum Gasteiger partial charge on any atom is 0.119 e. The summed E-state index contributed by atoms with van der Waals surface area (Å²) in [7, 11) is 0. The molecular formula is C22H27N3O. The first-order valence-corrected chi connectivity index (χ1v) is 9.56. The van der Waals surface area contributed by atoms with E-state index in [4.69, 9.17) is 15.6 Å². The summed E-state index contributed by atoms with van der Waals surface area (Å²) >= 11 is 0. The summed E-state index contributed by atoms with van der Waals surface area (Å²) in [6, 6.07) is 12.8. The zero-order valence-electron chi connectivity index (χ0n) is 15.6. The van der Waals surface area contributed by atoms with Crippen LogP contribution in [0.2, 0.25) is 0 Å². The number of nitrogens with zero attached hydrogens (tertiary/aromatic N) is 2. The molecule has 0 spiro atoms. The Labute approximate surface area is 155 Å². The van der Waals surface area contributed by atoms with Crippen LogP contribution >= 0.6 is 0 Å². The Hall–Kier alpha value is -2.33. The van der Waals surface area contributed by atoms with Gasteiger partial charge < -0.3 is 10.5 Å². The van der Waals surface area contributed by atoms with Crippen LogP contribution in [0.4, 0.5) is 0 Å². The molecule has 26 heavy (non-hydrogen) atoms. The van der Waals surface area contributed by atoms with Gasteiger partial charge in [-0.2, -0.15) is 5.10 Å². The van der Waals surface area contributed by atoms with Gasteiger partial charge >= 0.3 is 0 Å². The van der Waals surface area contributed by atoms with Crippen molar-refractivity contribution < 1.29 is 4.74 Å². The van der Waals surface area contributed by atoms with Crippen molar-refractivity contribution in [3.8, 4) is 11.4 Å². The molecule has 4 nitrogen and oxygen atoms in total. The summed E-state index contributed by atoms with van der Waals surface area (Å²) in [6.45, 7) is 4.55. The number of hydrogen-bond donors (Lipinski definition) is 1. The van der Waals surface area contributed by atoms with E-state index in [0.29, 0.717) is 6.61 Å². The van der Waals surface area contributed by atoms with Gasteiger partial charge in [0.25, 0.3) is 0 Å². The van der Waals surface area contributed by atoms with Crippen LogP contribution in [0.5, 0.6) is 5.75 Å². The zero-order valence-corrected chi connectivity index (χ0v) is 15.6. The molecule has 1 aliphatic rings. The highest BCUT2D eigenvalue weighted by Gasteiger charge is 2.20.